The minimum atomic E-state index is -0.386. The van der Waals surface area contributed by atoms with Crippen molar-refractivity contribution in [2.75, 3.05) is 5.84 Å². The van der Waals surface area contributed by atoms with Crippen LogP contribution in [0.5, 0.6) is 5.75 Å². The molecule has 1 aromatic heterocycles. The first-order valence-electron chi connectivity index (χ1n) is 7.18. The molecule has 0 fully saturated rings. The van der Waals surface area contributed by atoms with Gasteiger partial charge in [-0.1, -0.05) is 29.4 Å². The molecule has 3 aromatic rings. The summed E-state index contributed by atoms with van der Waals surface area (Å²) >= 11 is 7.20. The molecule has 9 heteroatoms. The van der Waals surface area contributed by atoms with Crippen molar-refractivity contribution in [3.63, 3.8) is 0 Å². The zero-order valence-electron chi connectivity index (χ0n) is 12.8. The Kier molecular flexibility index (Phi) is 5.40. The van der Waals surface area contributed by atoms with E-state index in [1.807, 2.05) is 0 Å². The topological polar surface area (TPSA) is 66.0 Å². The third-order valence-corrected chi connectivity index (χ3v) is 4.65. The lowest BCUT2D eigenvalue weighted by Gasteiger charge is -2.07. The largest absolute Gasteiger partial charge is 0.486 e. The first-order chi connectivity index (χ1) is 12.0. The summed E-state index contributed by atoms with van der Waals surface area (Å²) in [4.78, 5) is 0. The number of nitrogens with two attached hydrogens (primary N) is 1. The van der Waals surface area contributed by atoms with Gasteiger partial charge in [0.1, 0.15) is 24.0 Å². The van der Waals surface area contributed by atoms with E-state index in [9.17, 15) is 8.78 Å². The van der Waals surface area contributed by atoms with Crippen molar-refractivity contribution in [3.05, 3.63) is 70.5 Å². The monoisotopic (exact) mass is 382 g/mol. The fraction of sp³-hybridized carbons (Fsp3) is 0.125. The smallest absolute Gasteiger partial charge is 0.210 e. The lowest BCUT2D eigenvalue weighted by molar-refractivity contribution is 0.291. The van der Waals surface area contributed by atoms with Crippen LogP contribution in [0.4, 0.5) is 8.78 Å². The van der Waals surface area contributed by atoms with Gasteiger partial charge >= 0.3 is 0 Å². The highest BCUT2D eigenvalue weighted by Crippen LogP contribution is 2.27. The van der Waals surface area contributed by atoms with Crippen LogP contribution in [0.25, 0.3) is 0 Å². The number of halogens is 3. The van der Waals surface area contributed by atoms with Crippen LogP contribution in [0.15, 0.2) is 47.6 Å². The molecule has 0 saturated carbocycles. The van der Waals surface area contributed by atoms with Crippen molar-refractivity contribution in [2.45, 2.75) is 17.5 Å². The molecule has 0 bridgehead atoms. The minimum Gasteiger partial charge on any atom is -0.486 e. The van der Waals surface area contributed by atoms with E-state index in [0.29, 0.717) is 27.3 Å². The number of ether oxygens (including phenoxy) is 1. The lowest BCUT2D eigenvalue weighted by Crippen LogP contribution is -2.15. The van der Waals surface area contributed by atoms with E-state index in [2.05, 4.69) is 10.2 Å². The number of nitrogens with zero attached hydrogens (tertiary/aromatic N) is 3. The van der Waals surface area contributed by atoms with Gasteiger partial charge in [0.2, 0.25) is 5.16 Å². The van der Waals surface area contributed by atoms with E-state index < -0.39 is 0 Å². The quantitative estimate of drug-likeness (QED) is 0.519. The normalized spacial score (nSPS) is 10.8. The predicted octanol–water partition coefficient (Wildman–Crippen LogP) is 3.79. The molecule has 5 nitrogen and oxygen atoms in total. The van der Waals surface area contributed by atoms with Gasteiger partial charge in [-0.15, -0.1) is 10.2 Å². The first kappa shape index (κ1) is 17.5. The third-order valence-electron chi connectivity index (χ3n) is 3.32. The van der Waals surface area contributed by atoms with Gasteiger partial charge in [0.15, 0.2) is 5.82 Å². The molecule has 0 amide bonds. The highest BCUT2D eigenvalue weighted by molar-refractivity contribution is 7.98. The molecule has 2 aromatic carbocycles. The van der Waals surface area contributed by atoms with Crippen molar-refractivity contribution in [1.82, 2.24) is 14.9 Å². The molecule has 0 aliphatic heterocycles. The van der Waals surface area contributed by atoms with Crippen molar-refractivity contribution in [1.29, 1.82) is 0 Å². The van der Waals surface area contributed by atoms with Crippen LogP contribution in [0.3, 0.4) is 0 Å². The molecule has 3 rings (SSSR count). The fourth-order valence-corrected chi connectivity index (χ4v) is 3.21. The van der Waals surface area contributed by atoms with Crippen LogP contribution in [-0.2, 0) is 12.4 Å². The van der Waals surface area contributed by atoms with Crippen LogP contribution in [0.1, 0.15) is 11.4 Å². The van der Waals surface area contributed by atoms with Gasteiger partial charge in [-0.2, -0.15) is 0 Å². The summed E-state index contributed by atoms with van der Waals surface area (Å²) in [7, 11) is 0. The molecule has 130 valence electrons. The molecule has 0 radical (unpaired) electrons. The summed E-state index contributed by atoms with van der Waals surface area (Å²) in [6.45, 7) is 0.0656. The van der Waals surface area contributed by atoms with Gasteiger partial charge in [-0.25, -0.2) is 13.5 Å². The van der Waals surface area contributed by atoms with Crippen molar-refractivity contribution in [2.24, 2.45) is 0 Å². The summed E-state index contributed by atoms with van der Waals surface area (Å²) in [5.41, 5.74) is 0.376. The van der Waals surface area contributed by atoms with Crippen LogP contribution < -0.4 is 10.6 Å². The van der Waals surface area contributed by atoms with Crippen LogP contribution in [-0.4, -0.2) is 14.9 Å². The maximum absolute atomic E-state index is 13.8. The molecule has 0 spiro atoms. The zero-order valence-corrected chi connectivity index (χ0v) is 14.4. The average Bonchev–Trinajstić information content (AvgIpc) is 2.94. The molecule has 25 heavy (non-hydrogen) atoms. The standard InChI is InChI=1S/C16H13ClF2N4OS/c17-13-2-1-3-14(19)12(13)9-25-16-22-21-15(23(16)20)8-24-11-6-4-10(18)5-7-11/h1-7H,8-9,20H2. The van der Waals surface area contributed by atoms with Gasteiger partial charge in [-0.3, -0.25) is 0 Å². The molecular formula is C16H13ClF2N4OS. The number of rotatable bonds is 6. The molecule has 0 atom stereocenters. The molecule has 0 saturated heterocycles. The second-order valence-electron chi connectivity index (χ2n) is 5.00. The minimum absolute atomic E-state index is 0.0656. The van der Waals surface area contributed by atoms with Gasteiger partial charge in [-0.05, 0) is 36.4 Å². The second kappa shape index (κ2) is 7.71. The number of hydrogen-bond acceptors (Lipinski definition) is 5. The van der Waals surface area contributed by atoms with E-state index in [-0.39, 0.29) is 24.0 Å². The summed E-state index contributed by atoms with van der Waals surface area (Å²) in [6, 6.07) is 10.1. The fourth-order valence-electron chi connectivity index (χ4n) is 1.99. The Morgan fingerprint density at radius 3 is 2.60 bits per heavy atom. The average molecular weight is 383 g/mol. The molecule has 1 heterocycles. The van der Waals surface area contributed by atoms with Crippen LogP contribution in [0.2, 0.25) is 5.02 Å². The SMILES string of the molecule is Nn1c(COc2ccc(F)cc2)nnc1SCc1c(F)cccc1Cl. The van der Waals surface area contributed by atoms with Crippen LogP contribution in [0, 0.1) is 11.6 Å². The molecular weight excluding hydrogens is 370 g/mol. The summed E-state index contributed by atoms with van der Waals surface area (Å²) in [6.07, 6.45) is 0. The summed E-state index contributed by atoms with van der Waals surface area (Å²) in [5, 5.41) is 8.65. The molecule has 0 aliphatic carbocycles. The van der Waals surface area contributed by atoms with Gasteiger partial charge in [0, 0.05) is 16.3 Å². The van der Waals surface area contributed by atoms with Crippen molar-refractivity contribution in [3.8, 4) is 5.75 Å². The summed E-state index contributed by atoms with van der Waals surface area (Å²) < 4.78 is 33.4. The maximum Gasteiger partial charge on any atom is 0.210 e. The maximum atomic E-state index is 13.8. The van der Waals surface area contributed by atoms with E-state index in [1.165, 1.54) is 46.8 Å². The zero-order chi connectivity index (χ0) is 17.8. The number of benzene rings is 2. The van der Waals surface area contributed by atoms with E-state index in [4.69, 9.17) is 22.2 Å². The molecule has 2 N–H and O–H groups in total. The lowest BCUT2D eigenvalue weighted by atomic mass is 10.2. The van der Waals surface area contributed by atoms with Crippen molar-refractivity contribution < 1.29 is 13.5 Å². The first-order valence-corrected chi connectivity index (χ1v) is 8.54. The molecule has 0 unspecified atom stereocenters. The van der Waals surface area contributed by atoms with Crippen LogP contribution >= 0.6 is 23.4 Å². The predicted molar refractivity (Wildman–Crippen MR) is 91.9 cm³/mol. The molecule has 0 aliphatic rings. The Balaban J connectivity index is 1.64. The Hall–Kier alpha value is -2.32. The highest BCUT2D eigenvalue weighted by Gasteiger charge is 2.14. The number of aromatic nitrogens is 3. The third kappa shape index (κ3) is 4.21. The Bertz CT molecular complexity index is 853. The second-order valence-corrected chi connectivity index (χ2v) is 6.35. The Labute approximate surface area is 151 Å². The van der Waals surface area contributed by atoms with Gasteiger partial charge < -0.3 is 10.6 Å². The van der Waals surface area contributed by atoms with E-state index >= 15 is 0 Å². The van der Waals surface area contributed by atoms with Crippen molar-refractivity contribution >= 4 is 23.4 Å². The number of nitrogen functional groups attached to an aromatic ring is 1. The Morgan fingerprint density at radius 1 is 1.12 bits per heavy atom. The van der Waals surface area contributed by atoms with E-state index in [1.54, 1.807) is 12.1 Å². The van der Waals surface area contributed by atoms with Gasteiger partial charge in [0.25, 0.3) is 0 Å². The Morgan fingerprint density at radius 2 is 1.88 bits per heavy atom. The number of hydrogen-bond donors (Lipinski definition) is 1. The number of thioether (sulfide) groups is 1. The van der Waals surface area contributed by atoms with E-state index in [0.717, 1.165) is 0 Å². The summed E-state index contributed by atoms with van der Waals surface area (Å²) in [5.74, 6) is 6.33. The highest BCUT2D eigenvalue weighted by atomic mass is 35.5. The van der Waals surface area contributed by atoms with Gasteiger partial charge in [0.05, 0.1) is 0 Å².